The third-order valence-electron chi connectivity index (χ3n) is 3.86. The Kier molecular flexibility index (Phi) is 4.66. The van der Waals surface area contributed by atoms with Gasteiger partial charge in [0.2, 0.25) is 11.8 Å². The van der Waals surface area contributed by atoms with Gasteiger partial charge in [-0.05, 0) is 31.2 Å². The van der Waals surface area contributed by atoms with E-state index in [0.717, 1.165) is 5.56 Å². The zero-order valence-electron chi connectivity index (χ0n) is 13.0. The fourth-order valence-corrected chi connectivity index (χ4v) is 2.21. The summed E-state index contributed by atoms with van der Waals surface area (Å²) in [6.45, 7) is 7.19. The van der Waals surface area contributed by atoms with Gasteiger partial charge < -0.3 is 10.6 Å². The standard InChI is InChI=1S/C17H24N2O2/c1-12(2)10-18-15(20)17(8-9-17)16(21)19-11-14-6-4-13(3)5-7-14/h4-7,12H,8-11H2,1-3H3,(H,18,20)(H,19,21). The molecule has 21 heavy (non-hydrogen) atoms. The molecule has 2 amide bonds. The van der Waals surface area contributed by atoms with E-state index >= 15 is 0 Å². The number of carbonyl (C=O) groups excluding carboxylic acids is 2. The van der Waals surface area contributed by atoms with Crippen LogP contribution in [-0.4, -0.2) is 18.4 Å². The summed E-state index contributed by atoms with van der Waals surface area (Å²) in [4.78, 5) is 24.4. The number of nitrogens with one attached hydrogen (secondary N) is 2. The van der Waals surface area contributed by atoms with Crippen molar-refractivity contribution in [3.05, 3.63) is 35.4 Å². The highest BCUT2D eigenvalue weighted by molar-refractivity contribution is 6.07. The number of carbonyl (C=O) groups is 2. The van der Waals surface area contributed by atoms with Crippen LogP contribution in [0.5, 0.6) is 0 Å². The molecule has 0 saturated heterocycles. The topological polar surface area (TPSA) is 58.2 Å². The van der Waals surface area contributed by atoms with Crippen molar-refractivity contribution < 1.29 is 9.59 Å². The van der Waals surface area contributed by atoms with Crippen LogP contribution in [0.2, 0.25) is 0 Å². The van der Waals surface area contributed by atoms with E-state index in [9.17, 15) is 9.59 Å². The van der Waals surface area contributed by atoms with Gasteiger partial charge in [-0.1, -0.05) is 43.7 Å². The molecule has 1 aromatic carbocycles. The smallest absolute Gasteiger partial charge is 0.235 e. The summed E-state index contributed by atoms with van der Waals surface area (Å²) < 4.78 is 0. The molecule has 0 bridgehead atoms. The lowest BCUT2D eigenvalue weighted by Crippen LogP contribution is -2.43. The van der Waals surface area contributed by atoms with Crippen molar-refractivity contribution in [3.63, 3.8) is 0 Å². The summed E-state index contributed by atoms with van der Waals surface area (Å²) in [7, 11) is 0. The van der Waals surface area contributed by atoms with E-state index in [1.54, 1.807) is 0 Å². The van der Waals surface area contributed by atoms with E-state index in [1.807, 2.05) is 45.0 Å². The Morgan fingerprint density at radius 2 is 1.67 bits per heavy atom. The molecule has 2 rings (SSSR count). The van der Waals surface area contributed by atoms with Crippen LogP contribution in [0.25, 0.3) is 0 Å². The Hall–Kier alpha value is -1.84. The van der Waals surface area contributed by atoms with Gasteiger partial charge in [0.05, 0.1) is 0 Å². The van der Waals surface area contributed by atoms with Gasteiger partial charge in [-0.15, -0.1) is 0 Å². The van der Waals surface area contributed by atoms with Gasteiger partial charge in [0.1, 0.15) is 5.41 Å². The van der Waals surface area contributed by atoms with Crippen molar-refractivity contribution in [1.82, 2.24) is 10.6 Å². The van der Waals surface area contributed by atoms with Gasteiger partial charge in [-0.3, -0.25) is 9.59 Å². The minimum absolute atomic E-state index is 0.127. The molecule has 0 heterocycles. The van der Waals surface area contributed by atoms with Gasteiger partial charge >= 0.3 is 0 Å². The van der Waals surface area contributed by atoms with E-state index in [2.05, 4.69) is 10.6 Å². The minimum atomic E-state index is -0.820. The Labute approximate surface area is 126 Å². The average molecular weight is 288 g/mol. The Morgan fingerprint density at radius 3 is 2.19 bits per heavy atom. The predicted molar refractivity (Wildman–Crippen MR) is 82.5 cm³/mol. The number of rotatable bonds is 6. The maximum atomic E-state index is 12.3. The molecular weight excluding hydrogens is 264 g/mol. The second kappa shape index (κ2) is 6.29. The first kappa shape index (κ1) is 15.5. The summed E-state index contributed by atoms with van der Waals surface area (Å²) in [5.41, 5.74) is 1.42. The van der Waals surface area contributed by atoms with Crippen molar-refractivity contribution >= 4 is 11.8 Å². The van der Waals surface area contributed by atoms with Crippen LogP contribution in [-0.2, 0) is 16.1 Å². The number of hydrogen-bond acceptors (Lipinski definition) is 2. The van der Waals surface area contributed by atoms with Crippen molar-refractivity contribution in [2.24, 2.45) is 11.3 Å². The van der Waals surface area contributed by atoms with Gasteiger partial charge in [0.25, 0.3) is 0 Å². The van der Waals surface area contributed by atoms with Crippen LogP contribution < -0.4 is 10.6 Å². The van der Waals surface area contributed by atoms with Crippen LogP contribution in [0.3, 0.4) is 0 Å². The molecule has 1 fully saturated rings. The normalized spacial score (nSPS) is 15.6. The van der Waals surface area contributed by atoms with Crippen LogP contribution in [0.4, 0.5) is 0 Å². The van der Waals surface area contributed by atoms with E-state index in [0.29, 0.717) is 31.8 Å². The lowest BCUT2D eigenvalue weighted by Gasteiger charge is -2.16. The largest absolute Gasteiger partial charge is 0.355 e. The first-order chi connectivity index (χ1) is 9.94. The van der Waals surface area contributed by atoms with E-state index < -0.39 is 5.41 Å². The van der Waals surface area contributed by atoms with Gasteiger partial charge in [0.15, 0.2) is 0 Å². The lowest BCUT2D eigenvalue weighted by atomic mass is 10.0. The molecule has 0 aromatic heterocycles. The van der Waals surface area contributed by atoms with Crippen LogP contribution in [0, 0.1) is 18.3 Å². The van der Waals surface area contributed by atoms with Crippen molar-refractivity contribution in [3.8, 4) is 0 Å². The Morgan fingerprint density at radius 1 is 1.10 bits per heavy atom. The average Bonchev–Trinajstić information content (AvgIpc) is 3.25. The number of aryl methyl sites for hydroxylation is 1. The fraction of sp³-hybridized carbons (Fsp3) is 0.529. The van der Waals surface area contributed by atoms with E-state index in [4.69, 9.17) is 0 Å². The first-order valence-corrected chi connectivity index (χ1v) is 7.56. The lowest BCUT2D eigenvalue weighted by molar-refractivity contribution is -0.137. The molecule has 0 radical (unpaired) electrons. The van der Waals surface area contributed by atoms with Gasteiger partial charge in [-0.25, -0.2) is 0 Å². The SMILES string of the molecule is Cc1ccc(CNC(=O)C2(C(=O)NCC(C)C)CC2)cc1. The summed E-state index contributed by atoms with van der Waals surface area (Å²) in [6, 6.07) is 8.02. The Bertz CT molecular complexity index is 516. The molecule has 0 aliphatic heterocycles. The van der Waals surface area contributed by atoms with Crippen LogP contribution >= 0.6 is 0 Å². The number of benzene rings is 1. The van der Waals surface area contributed by atoms with Crippen LogP contribution in [0.1, 0.15) is 37.8 Å². The first-order valence-electron chi connectivity index (χ1n) is 7.56. The molecule has 1 aliphatic carbocycles. The molecule has 0 atom stereocenters. The summed E-state index contributed by atoms with van der Waals surface area (Å²) in [5, 5.41) is 5.76. The second-order valence-corrected chi connectivity index (χ2v) is 6.35. The molecule has 1 saturated carbocycles. The summed E-state index contributed by atoms with van der Waals surface area (Å²) in [5.74, 6) is 0.113. The quantitative estimate of drug-likeness (QED) is 0.788. The van der Waals surface area contributed by atoms with Crippen molar-refractivity contribution in [2.75, 3.05) is 6.54 Å². The molecule has 1 aromatic rings. The van der Waals surface area contributed by atoms with E-state index in [1.165, 1.54) is 5.56 Å². The molecule has 2 N–H and O–H groups in total. The van der Waals surface area contributed by atoms with Crippen molar-refractivity contribution in [1.29, 1.82) is 0 Å². The minimum Gasteiger partial charge on any atom is -0.355 e. The van der Waals surface area contributed by atoms with Gasteiger partial charge in [-0.2, -0.15) is 0 Å². The van der Waals surface area contributed by atoms with E-state index in [-0.39, 0.29) is 11.8 Å². The molecule has 4 heteroatoms. The molecule has 1 aliphatic rings. The molecular formula is C17H24N2O2. The highest BCUT2D eigenvalue weighted by Gasteiger charge is 2.56. The molecule has 0 unspecified atom stereocenters. The number of hydrogen-bond donors (Lipinski definition) is 2. The number of amides is 2. The van der Waals surface area contributed by atoms with Gasteiger partial charge in [0, 0.05) is 13.1 Å². The third kappa shape index (κ3) is 3.84. The van der Waals surface area contributed by atoms with Crippen LogP contribution in [0.15, 0.2) is 24.3 Å². The monoisotopic (exact) mass is 288 g/mol. The maximum Gasteiger partial charge on any atom is 0.235 e. The zero-order valence-corrected chi connectivity index (χ0v) is 13.0. The molecule has 4 nitrogen and oxygen atoms in total. The third-order valence-corrected chi connectivity index (χ3v) is 3.86. The fourth-order valence-electron chi connectivity index (χ4n) is 2.21. The Balaban J connectivity index is 1.87. The molecule has 0 spiro atoms. The highest BCUT2D eigenvalue weighted by Crippen LogP contribution is 2.46. The predicted octanol–water partition coefficient (Wildman–Crippen LogP) is 2.16. The summed E-state index contributed by atoms with van der Waals surface area (Å²) in [6.07, 6.45) is 1.30. The summed E-state index contributed by atoms with van der Waals surface area (Å²) >= 11 is 0. The maximum absolute atomic E-state index is 12.3. The molecule has 114 valence electrons. The van der Waals surface area contributed by atoms with Crippen molar-refractivity contribution in [2.45, 2.75) is 40.2 Å². The zero-order chi connectivity index (χ0) is 15.5. The highest BCUT2D eigenvalue weighted by atomic mass is 16.2. The second-order valence-electron chi connectivity index (χ2n) is 6.35.